The molecule has 1 atom stereocenters. The Morgan fingerprint density at radius 2 is 1.91 bits per heavy atom. The predicted octanol–water partition coefficient (Wildman–Crippen LogP) is 1.34. The van der Waals surface area contributed by atoms with Gasteiger partial charge in [0.1, 0.15) is 12.4 Å². The first kappa shape index (κ1) is 16.8. The maximum Gasteiger partial charge on any atom is 0.239 e. The van der Waals surface area contributed by atoms with Gasteiger partial charge in [0.25, 0.3) is 0 Å². The molecule has 1 aliphatic heterocycles. The molecular weight excluding hydrogens is 278 g/mol. The molecule has 122 valence electrons. The maximum atomic E-state index is 12.2. The highest BCUT2D eigenvalue weighted by Crippen LogP contribution is 2.09. The van der Waals surface area contributed by atoms with Crippen molar-refractivity contribution in [3.8, 4) is 5.75 Å². The van der Waals surface area contributed by atoms with E-state index in [2.05, 4.69) is 11.8 Å². The van der Waals surface area contributed by atoms with Gasteiger partial charge in [-0.15, -0.1) is 0 Å². The summed E-state index contributed by atoms with van der Waals surface area (Å²) in [5, 5.41) is 0. The van der Waals surface area contributed by atoms with Crippen LogP contribution in [0.15, 0.2) is 30.3 Å². The molecule has 2 rings (SSSR count). The molecule has 0 aromatic heterocycles. The number of carbonyl (C=O) groups is 1. The van der Waals surface area contributed by atoms with Gasteiger partial charge >= 0.3 is 0 Å². The summed E-state index contributed by atoms with van der Waals surface area (Å²) < 4.78 is 5.71. The largest absolute Gasteiger partial charge is 0.492 e. The van der Waals surface area contributed by atoms with Crippen LogP contribution in [0, 0.1) is 0 Å². The molecule has 1 aromatic carbocycles. The van der Waals surface area contributed by atoms with Crippen LogP contribution in [0.1, 0.15) is 19.8 Å². The summed E-state index contributed by atoms with van der Waals surface area (Å²) in [4.78, 5) is 16.4. The van der Waals surface area contributed by atoms with Crippen LogP contribution in [0.3, 0.4) is 0 Å². The van der Waals surface area contributed by atoms with Gasteiger partial charge in [0.2, 0.25) is 5.91 Å². The Bertz CT molecular complexity index is 444. The fourth-order valence-electron chi connectivity index (χ4n) is 2.67. The van der Waals surface area contributed by atoms with E-state index >= 15 is 0 Å². The van der Waals surface area contributed by atoms with E-state index in [-0.39, 0.29) is 11.9 Å². The minimum atomic E-state index is -0.335. The smallest absolute Gasteiger partial charge is 0.239 e. The molecule has 0 aliphatic carbocycles. The molecule has 0 bridgehead atoms. The number of piperazine rings is 1. The second-order valence-electron chi connectivity index (χ2n) is 5.72. The fraction of sp³-hybridized carbons (Fsp3) is 0.588. The third-order valence-corrected chi connectivity index (χ3v) is 4.02. The second-order valence-corrected chi connectivity index (χ2v) is 5.72. The number of carbonyl (C=O) groups excluding carboxylic acids is 1. The Morgan fingerprint density at radius 3 is 2.55 bits per heavy atom. The number of amides is 1. The van der Waals surface area contributed by atoms with Crippen molar-refractivity contribution in [2.24, 2.45) is 5.73 Å². The fourth-order valence-corrected chi connectivity index (χ4v) is 2.67. The first-order chi connectivity index (χ1) is 10.7. The number of hydrogen-bond donors (Lipinski definition) is 1. The number of rotatable bonds is 7. The topological polar surface area (TPSA) is 58.8 Å². The lowest BCUT2D eigenvalue weighted by Gasteiger charge is -2.35. The van der Waals surface area contributed by atoms with Crippen LogP contribution in [-0.4, -0.2) is 61.1 Å². The molecule has 1 amide bonds. The average molecular weight is 305 g/mol. The molecule has 1 aliphatic rings. The highest BCUT2D eigenvalue weighted by molar-refractivity contribution is 5.81. The number of hydrogen-bond acceptors (Lipinski definition) is 4. The van der Waals surface area contributed by atoms with Gasteiger partial charge in [-0.1, -0.05) is 31.5 Å². The highest BCUT2D eigenvalue weighted by atomic mass is 16.5. The van der Waals surface area contributed by atoms with Crippen molar-refractivity contribution in [1.82, 2.24) is 9.80 Å². The Hall–Kier alpha value is -1.59. The summed E-state index contributed by atoms with van der Waals surface area (Å²) in [7, 11) is 0. The third kappa shape index (κ3) is 5.00. The lowest BCUT2D eigenvalue weighted by molar-refractivity contribution is -0.134. The van der Waals surface area contributed by atoms with E-state index < -0.39 is 0 Å². The minimum absolute atomic E-state index is 0.0991. The van der Waals surface area contributed by atoms with Crippen molar-refractivity contribution in [2.45, 2.75) is 25.8 Å². The SMILES string of the molecule is CCCC(N)C(=O)N1CCN(CCOc2ccccc2)CC1. The van der Waals surface area contributed by atoms with Crippen LogP contribution in [-0.2, 0) is 4.79 Å². The Balaban J connectivity index is 1.66. The summed E-state index contributed by atoms with van der Waals surface area (Å²) in [6.07, 6.45) is 1.72. The van der Waals surface area contributed by atoms with Gasteiger partial charge in [-0.05, 0) is 18.6 Å². The van der Waals surface area contributed by atoms with E-state index in [0.717, 1.165) is 51.3 Å². The zero-order chi connectivity index (χ0) is 15.8. The highest BCUT2D eigenvalue weighted by Gasteiger charge is 2.24. The molecule has 1 unspecified atom stereocenters. The van der Waals surface area contributed by atoms with E-state index in [1.54, 1.807) is 0 Å². The second kappa shape index (κ2) is 8.76. The first-order valence-electron chi connectivity index (χ1n) is 8.15. The van der Waals surface area contributed by atoms with Crippen LogP contribution < -0.4 is 10.5 Å². The number of para-hydroxylation sites is 1. The van der Waals surface area contributed by atoms with E-state index in [1.165, 1.54) is 0 Å². The van der Waals surface area contributed by atoms with Crippen LogP contribution in [0.4, 0.5) is 0 Å². The van der Waals surface area contributed by atoms with Crippen molar-refractivity contribution in [3.05, 3.63) is 30.3 Å². The molecular formula is C17H27N3O2. The van der Waals surface area contributed by atoms with E-state index in [0.29, 0.717) is 6.61 Å². The third-order valence-electron chi connectivity index (χ3n) is 4.02. The monoisotopic (exact) mass is 305 g/mol. The summed E-state index contributed by atoms with van der Waals surface area (Å²) >= 11 is 0. The van der Waals surface area contributed by atoms with Crippen molar-refractivity contribution in [2.75, 3.05) is 39.3 Å². The summed E-state index contributed by atoms with van der Waals surface area (Å²) in [5.41, 5.74) is 5.91. The van der Waals surface area contributed by atoms with Gasteiger partial charge in [-0.2, -0.15) is 0 Å². The first-order valence-corrected chi connectivity index (χ1v) is 8.15. The van der Waals surface area contributed by atoms with Gasteiger partial charge in [-0.25, -0.2) is 0 Å². The number of nitrogens with two attached hydrogens (primary N) is 1. The van der Waals surface area contributed by atoms with Crippen molar-refractivity contribution in [1.29, 1.82) is 0 Å². The normalized spacial score (nSPS) is 17.3. The number of ether oxygens (including phenoxy) is 1. The summed E-state index contributed by atoms with van der Waals surface area (Å²) in [5.74, 6) is 1.00. The lowest BCUT2D eigenvalue weighted by atomic mass is 10.1. The van der Waals surface area contributed by atoms with Gasteiger partial charge in [0, 0.05) is 32.7 Å². The molecule has 5 nitrogen and oxygen atoms in total. The van der Waals surface area contributed by atoms with E-state index in [4.69, 9.17) is 10.5 Å². The molecule has 0 saturated carbocycles. The number of benzene rings is 1. The Labute approximate surface area is 133 Å². The van der Waals surface area contributed by atoms with E-state index in [1.807, 2.05) is 35.2 Å². The van der Waals surface area contributed by atoms with E-state index in [9.17, 15) is 4.79 Å². The summed E-state index contributed by atoms with van der Waals surface area (Å²) in [6.45, 7) is 6.93. The van der Waals surface area contributed by atoms with Gasteiger partial charge < -0.3 is 15.4 Å². The minimum Gasteiger partial charge on any atom is -0.492 e. The Morgan fingerprint density at radius 1 is 1.23 bits per heavy atom. The molecule has 1 aromatic rings. The van der Waals surface area contributed by atoms with Gasteiger partial charge in [-0.3, -0.25) is 9.69 Å². The zero-order valence-electron chi connectivity index (χ0n) is 13.4. The molecule has 1 heterocycles. The molecule has 0 spiro atoms. The van der Waals surface area contributed by atoms with Crippen molar-refractivity contribution < 1.29 is 9.53 Å². The molecule has 1 saturated heterocycles. The van der Waals surface area contributed by atoms with Crippen molar-refractivity contribution in [3.63, 3.8) is 0 Å². The maximum absolute atomic E-state index is 12.2. The zero-order valence-corrected chi connectivity index (χ0v) is 13.4. The quantitative estimate of drug-likeness (QED) is 0.826. The predicted molar refractivity (Wildman–Crippen MR) is 87.8 cm³/mol. The van der Waals surface area contributed by atoms with Crippen LogP contribution in [0.2, 0.25) is 0 Å². The number of nitrogens with zero attached hydrogens (tertiary/aromatic N) is 2. The average Bonchev–Trinajstić information content (AvgIpc) is 2.56. The molecule has 22 heavy (non-hydrogen) atoms. The molecule has 0 radical (unpaired) electrons. The van der Waals surface area contributed by atoms with Gasteiger partial charge in [0.15, 0.2) is 0 Å². The van der Waals surface area contributed by atoms with Crippen molar-refractivity contribution >= 4 is 5.91 Å². The Kier molecular flexibility index (Phi) is 6.68. The van der Waals surface area contributed by atoms with Crippen LogP contribution in [0.25, 0.3) is 0 Å². The lowest BCUT2D eigenvalue weighted by Crippen LogP contribution is -2.53. The molecule has 1 fully saturated rings. The summed E-state index contributed by atoms with van der Waals surface area (Å²) in [6, 6.07) is 9.51. The molecule has 2 N–H and O–H groups in total. The van der Waals surface area contributed by atoms with Gasteiger partial charge in [0.05, 0.1) is 6.04 Å². The van der Waals surface area contributed by atoms with Crippen LogP contribution in [0.5, 0.6) is 5.75 Å². The standard InChI is InChI=1S/C17H27N3O2/c1-2-6-16(18)17(21)20-11-9-19(10-12-20)13-14-22-15-7-4-3-5-8-15/h3-5,7-8,16H,2,6,9-14,18H2,1H3. The van der Waals surface area contributed by atoms with Crippen LogP contribution >= 0.6 is 0 Å². The molecule has 5 heteroatoms.